The summed E-state index contributed by atoms with van der Waals surface area (Å²) in [4.78, 5) is 4.10. The minimum Gasteiger partial charge on any atom is -0.493 e. The summed E-state index contributed by atoms with van der Waals surface area (Å²) in [6, 6.07) is 12.0. The fourth-order valence-electron chi connectivity index (χ4n) is 4.21. The summed E-state index contributed by atoms with van der Waals surface area (Å²) < 4.78 is 5.97. The van der Waals surface area contributed by atoms with Crippen molar-refractivity contribution in [2.45, 2.75) is 88.0 Å². The van der Waals surface area contributed by atoms with Gasteiger partial charge in [-0.05, 0) is 67.2 Å². The van der Waals surface area contributed by atoms with E-state index in [4.69, 9.17) is 16.3 Å². The van der Waals surface area contributed by atoms with Gasteiger partial charge in [0.15, 0.2) is 0 Å². The highest BCUT2D eigenvalue weighted by Crippen LogP contribution is 2.39. The number of nitrogens with two attached hydrogens (primary N) is 2. The molecule has 0 aliphatic rings. The second-order valence-corrected chi connectivity index (χ2v) is 10.0. The largest absolute Gasteiger partial charge is 0.493 e. The van der Waals surface area contributed by atoms with Crippen molar-refractivity contribution in [2.75, 3.05) is 13.2 Å². The number of pyridine rings is 1. The highest BCUT2D eigenvalue weighted by molar-refractivity contribution is 5.60. The van der Waals surface area contributed by atoms with Gasteiger partial charge in [-0.25, -0.2) is 5.84 Å². The Labute approximate surface area is 215 Å². The fraction of sp³-hybridized carbons (Fsp3) is 0.567. The zero-order chi connectivity index (χ0) is 26.9. The van der Waals surface area contributed by atoms with Crippen molar-refractivity contribution in [3.63, 3.8) is 0 Å². The highest BCUT2D eigenvalue weighted by atomic mass is 16.5. The van der Waals surface area contributed by atoms with E-state index >= 15 is 0 Å². The number of nitrogens with zero attached hydrogens (tertiary/aromatic N) is 2. The molecule has 0 bridgehead atoms. The Morgan fingerprint density at radius 3 is 2.20 bits per heavy atom. The van der Waals surface area contributed by atoms with Crippen LogP contribution in [0.2, 0.25) is 0 Å². The van der Waals surface area contributed by atoms with Crippen LogP contribution in [-0.2, 0) is 0 Å². The summed E-state index contributed by atoms with van der Waals surface area (Å²) in [5.74, 6) is 7.18. The summed E-state index contributed by atoms with van der Waals surface area (Å²) in [6.07, 6.45) is 9.56. The second-order valence-electron chi connectivity index (χ2n) is 10.0. The highest BCUT2D eigenvalue weighted by Gasteiger charge is 2.28. The molecule has 0 unspecified atom stereocenters. The standard InChI is InChI=1S/C26H40N4O.2C2H6/c1-21-10-6-7-12-24(21)31-17-9-13-25(2,3)20-26(4,5)14-16-30(28)19-23(27)22-11-8-15-29-18-22;2*1-2/h6-8,10-12,15,18-19H,9,13-14,16-17,20,27-28H2,1-5H3;2*1-2H3/b23-19-;;. The van der Waals surface area contributed by atoms with Gasteiger partial charge < -0.3 is 15.5 Å². The van der Waals surface area contributed by atoms with Crippen molar-refractivity contribution < 1.29 is 4.74 Å². The smallest absolute Gasteiger partial charge is 0.122 e. The van der Waals surface area contributed by atoms with Gasteiger partial charge in [-0.3, -0.25) is 4.98 Å². The van der Waals surface area contributed by atoms with E-state index in [0.717, 1.165) is 50.1 Å². The first kappa shape index (κ1) is 32.5. The van der Waals surface area contributed by atoms with E-state index in [9.17, 15) is 0 Å². The maximum atomic E-state index is 6.19. The molecule has 5 nitrogen and oxygen atoms in total. The van der Waals surface area contributed by atoms with Crippen LogP contribution >= 0.6 is 0 Å². The Morgan fingerprint density at radius 2 is 1.60 bits per heavy atom. The molecule has 2 aromatic rings. The van der Waals surface area contributed by atoms with Crippen LogP contribution in [0.25, 0.3) is 5.70 Å². The molecular formula is C30H52N4O. The lowest BCUT2D eigenvalue weighted by Gasteiger charge is -2.36. The number of aryl methyl sites for hydroxylation is 1. The van der Waals surface area contributed by atoms with E-state index < -0.39 is 0 Å². The quantitative estimate of drug-likeness (QED) is 0.184. The SMILES string of the molecule is CC.CC.Cc1ccccc1OCCCC(C)(C)CC(C)(C)CCN(N)/C=C(\N)c1cccnc1. The van der Waals surface area contributed by atoms with Crippen LogP contribution in [0.5, 0.6) is 5.75 Å². The monoisotopic (exact) mass is 484 g/mol. The van der Waals surface area contributed by atoms with Crippen molar-refractivity contribution in [1.29, 1.82) is 0 Å². The molecule has 0 amide bonds. The van der Waals surface area contributed by atoms with E-state index in [0.29, 0.717) is 5.70 Å². The Bertz CT molecular complexity index is 831. The van der Waals surface area contributed by atoms with E-state index in [-0.39, 0.29) is 10.8 Å². The number of hydrogen-bond acceptors (Lipinski definition) is 5. The Morgan fingerprint density at radius 1 is 0.971 bits per heavy atom. The van der Waals surface area contributed by atoms with E-state index in [2.05, 4.69) is 45.7 Å². The number of hydrogen-bond donors (Lipinski definition) is 2. The summed E-state index contributed by atoms with van der Waals surface area (Å²) in [6.45, 7) is 20.9. The van der Waals surface area contributed by atoms with E-state index in [1.165, 1.54) is 5.56 Å². The topological polar surface area (TPSA) is 77.4 Å². The molecule has 35 heavy (non-hydrogen) atoms. The average molecular weight is 485 g/mol. The van der Waals surface area contributed by atoms with Crippen molar-refractivity contribution in [1.82, 2.24) is 9.99 Å². The van der Waals surface area contributed by atoms with Crippen LogP contribution < -0.4 is 16.3 Å². The van der Waals surface area contributed by atoms with Crippen molar-refractivity contribution in [3.8, 4) is 5.75 Å². The zero-order valence-electron chi connectivity index (χ0n) is 23.9. The minimum absolute atomic E-state index is 0.175. The minimum atomic E-state index is 0.175. The summed E-state index contributed by atoms with van der Waals surface area (Å²) in [5.41, 5.74) is 9.25. The van der Waals surface area contributed by atoms with Crippen LogP contribution in [0.1, 0.15) is 92.2 Å². The van der Waals surface area contributed by atoms with Gasteiger partial charge in [-0.15, -0.1) is 0 Å². The molecule has 0 aliphatic heterocycles. The lowest BCUT2D eigenvalue weighted by molar-refractivity contribution is 0.148. The maximum absolute atomic E-state index is 6.19. The normalized spacial score (nSPS) is 11.5. The Balaban J connectivity index is 0.00000274. The molecule has 0 saturated heterocycles. The van der Waals surface area contributed by atoms with Crippen molar-refractivity contribution >= 4 is 5.70 Å². The third-order valence-corrected chi connectivity index (χ3v) is 5.65. The molecule has 0 aliphatic carbocycles. The first-order valence-corrected chi connectivity index (χ1v) is 13.2. The molecule has 0 radical (unpaired) electrons. The number of ether oxygens (including phenoxy) is 1. The van der Waals surface area contributed by atoms with Crippen LogP contribution in [0, 0.1) is 17.8 Å². The van der Waals surface area contributed by atoms with Gasteiger partial charge in [-0.1, -0.05) is 73.6 Å². The molecule has 0 saturated carbocycles. The van der Waals surface area contributed by atoms with Crippen LogP contribution in [0.15, 0.2) is 55.0 Å². The van der Waals surface area contributed by atoms with Gasteiger partial charge in [0.25, 0.3) is 0 Å². The van der Waals surface area contributed by atoms with Gasteiger partial charge in [0, 0.05) is 30.7 Å². The van der Waals surface area contributed by atoms with Crippen molar-refractivity contribution in [2.24, 2.45) is 22.4 Å². The number of aromatic nitrogens is 1. The average Bonchev–Trinajstić information content (AvgIpc) is 2.84. The third kappa shape index (κ3) is 13.8. The summed E-state index contributed by atoms with van der Waals surface area (Å²) >= 11 is 0. The molecule has 5 heteroatoms. The summed E-state index contributed by atoms with van der Waals surface area (Å²) in [5, 5.41) is 1.69. The molecular weight excluding hydrogens is 432 g/mol. The van der Waals surface area contributed by atoms with Gasteiger partial charge in [-0.2, -0.15) is 0 Å². The molecule has 0 fully saturated rings. The number of hydrazine groups is 1. The number of para-hydroxylation sites is 1. The first-order valence-electron chi connectivity index (χ1n) is 13.2. The van der Waals surface area contributed by atoms with E-state index in [1.807, 2.05) is 58.0 Å². The zero-order valence-corrected chi connectivity index (χ0v) is 23.9. The molecule has 4 N–H and O–H groups in total. The van der Waals surface area contributed by atoms with Gasteiger partial charge >= 0.3 is 0 Å². The van der Waals surface area contributed by atoms with Gasteiger partial charge in [0.1, 0.15) is 5.75 Å². The lowest BCUT2D eigenvalue weighted by atomic mass is 9.71. The predicted molar refractivity (Wildman–Crippen MR) is 153 cm³/mol. The fourth-order valence-corrected chi connectivity index (χ4v) is 4.21. The van der Waals surface area contributed by atoms with Gasteiger partial charge in [0.05, 0.1) is 12.3 Å². The first-order chi connectivity index (χ1) is 16.6. The van der Waals surface area contributed by atoms with Crippen LogP contribution in [0.3, 0.4) is 0 Å². The van der Waals surface area contributed by atoms with Crippen LogP contribution in [-0.4, -0.2) is 23.1 Å². The van der Waals surface area contributed by atoms with Crippen molar-refractivity contribution in [3.05, 3.63) is 66.1 Å². The molecule has 1 aromatic carbocycles. The summed E-state index contributed by atoms with van der Waals surface area (Å²) in [7, 11) is 0. The Hall–Kier alpha value is -2.53. The second kappa shape index (κ2) is 17.0. The number of rotatable bonds is 12. The molecule has 0 spiro atoms. The molecule has 2 rings (SSSR count). The van der Waals surface area contributed by atoms with Gasteiger partial charge in [0.2, 0.25) is 0 Å². The number of benzene rings is 1. The molecule has 1 heterocycles. The molecule has 198 valence electrons. The van der Waals surface area contributed by atoms with Crippen LogP contribution in [0.4, 0.5) is 0 Å². The lowest BCUT2D eigenvalue weighted by Crippen LogP contribution is -2.32. The molecule has 0 atom stereocenters. The van der Waals surface area contributed by atoms with E-state index in [1.54, 1.807) is 23.6 Å². The third-order valence-electron chi connectivity index (χ3n) is 5.65. The maximum Gasteiger partial charge on any atom is 0.122 e. The molecule has 1 aromatic heterocycles. The Kier molecular flexibility index (Phi) is 15.8. The predicted octanol–water partition coefficient (Wildman–Crippen LogP) is 7.57.